The Hall–Kier alpha value is -1.14. The van der Waals surface area contributed by atoms with Crippen LogP contribution in [0, 0.1) is 3.57 Å². The number of ether oxygens (including phenoxy) is 1. The van der Waals surface area contributed by atoms with E-state index in [2.05, 4.69) is 27.6 Å². The number of aliphatic hydroxyl groups is 1. The summed E-state index contributed by atoms with van der Waals surface area (Å²) in [6.07, 6.45) is 1.11. The molecule has 1 heterocycles. The van der Waals surface area contributed by atoms with Gasteiger partial charge in [-0.2, -0.15) is 0 Å². The van der Waals surface area contributed by atoms with Crippen LogP contribution < -0.4 is 4.74 Å². The van der Waals surface area contributed by atoms with Crippen molar-refractivity contribution in [1.29, 1.82) is 0 Å². The summed E-state index contributed by atoms with van der Waals surface area (Å²) in [4.78, 5) is 4.14. The van der Waals surface area contributed by atoms with Crippen molar-refractivity contribution in [2.75, 3.05) is 0 Å². The monoisotopic (exact) mass is 341 g/mol. The zero-order valence-electron chi connectivity index (χ0n) is 9.30. The van der Waals surface area contributed by atoms with Crippen LogP contribution in [0.1, 0.15) is 18.6 Å². The van der Waals surface area contributed by atoms with Crippen molar-refractivity contribution < 1.29 is 9.84 Å². The number of halogens is 1. The van der Waals surface area contributed by atoms with Crippen molar-refractivity contribution in [3.8, 4) is 11.6 Å². The molecule has 0 saturated carbocycles. The molecule has 0 bridgehead atoms. The Morgan fingerprint density at radius 1 is 1.29 bits per heavy atom. The number of hydrogen-bond acceptors (Lipinski definition) is 3. The molecular formula is C13H12INO2. The molecule has 1 N–H and O–H groups in total. The van der Waals surface area contributed by atoms with Gasteiger partial charge in [0.1, 0.15) is 5.75 Å². The molecule has 17 heavy (non-hydrogen) atoms. The molecule has 2 aromatic rings. The molecule has 0 amide bonds. The normalized spacial score (nSPS) is 12.2. The molecule has 0 saturated heterocycles. The van der Waals surface area contributed by atoms with Gasteiger partial charge in [-0.05, 0) is 59.3 Å². The van der Waals surface area contributed by atoms with E-state index in [9.17, 15) is 5.11 Å². The van der Waals surface area contributed by atoms with Gasteiger partial charge in [0.2, 0.25) is 5.88 Å². The van der Waals surface area contributed by atoms with Crippen LogP contribution in [0.2, 0.25) is 0 Å². The summed E-state index contributed by atoms with van der Waals surface area (Å²) in [7, 11) is 0. The minimum absolute atomic E-state index is 0.505. The molecule has 0 aliphatic carbocycles. The van der Waals surface area contributed by atoms with Gasteiger partial charge in [0.05, 0.1) is 6.10 Å². The predicted molar refractivity (Wildman–Crippen MR) is 74.1 cm³/mol. The van der Waals surface area contributed by atoms with Crippen molar-refractivity contribution in [2.24, 2.45) is 0 Å². The lowest BCUT2D eigenvalue weighted by Crippen LogP contribution is -1.93. The topological polar surface area (TPSA) is 42.4 Å². The molecule has 3 nitrogen and oxygen atoms in total. The van der Waals surface area contributed by atoms with E-state index in [1.807, 2.05) is 24.3 Å². The quantitative estimate of drug-likeness (QED) is 0.869. The Balaban J connectivity index is 2.14. The smallest absolute Gasteiger partial charge is 0.219 e. The maximum Gasteiger partial charge on any atom is 0.219 e. The fourth-order valence-corrected chi connectivity index (χ4v) is 1.86. The third kappa shape index (κ3) is 3.41. The van der Waals surface area contributed by atoms with Gasteiger partial charge in [-0.1, -0.05) is 6.07 Å². The molecule has 2 rings (SSSR count). The van der Waals surface area contributed by atoms with Gasteiger partial charge in [-0.15, -0.1) is 0 Å². The van der Waals surface area contributed by atoms with Crippen molar-refractivity contribution >= 4 is 22.6 Å². The maximum absolute atomic E-state index is 9.36. The van der Waals surface area contributed by atoms with Crippen LogP contribution in [-0.2, 0) is 0 Å². The number of nitrogens with zero attached hydrogens (tertiary/aromatic N) is 1. The summed E-state index contributed by atoms with van der Waals surface area (Å²) in [6.45, 7) is 1.71. The lowest BCUT2D eigenvalue weighted by atomic mass is 10.2. The average molecular weight is 341 g/mol. The van der Waals surface area contributed by atoms with E-state index in [4.69, 9.17) is 4.74 Å². The van der Waals surface area contributed by atoms with E-state index < -0.39 is 6.10 Å². The van der Waals surface area contributed by atoms with Gasteiger partial charge >= 0.3 is 0 Å². The Morgan fingerprint density at radius 2 is 2.12 bits per heavy atom. The van der Waals surface area contributed by atoms with Crippen molar-refractivity contribution in [3.05, 3.63) is 51.7 Å². The van der Waals surface area contributed by atoms with Gasteiger partial charge in [-0.25, -0.2) is 4.98 Å². The first-order chi connectivity index (χ1) is 8.15. The average Bonchev–Trinajstić information content (AvgIpc) is 2.29. The van der Waals surface area contributed by atoms with E-state index in [-0.39, 0.29) is 0 Å². The van der Waals surface area contributed by atoms with Crippen LogP contribution in [0.5, 0.6) is 11.6 Å². The van der Waals surface area contributed by atoms with E-state index >= 15 is 0 Å². The number of hydrogen-bond donors (Lipinski definition) is 1. The molecular weight excluding hydrogens is 329 g/mol. The molecule has 0 aliphatic rings. The van der Waals surface area contributed by atoms with Gasteiger partial charge in [0, 0.05) is 15.8 Å². The largest absolute Gasteiger partial charge is 0.439 e. The summed E-state index contributed by atoms with van der Waals surface area (Å²) in [5.74, 6) is 1.28. The first-order valence-corrected chi connectivity index (χ1v) is 6.30. The van der Waals surface area contributed by atoms with E-state index in [0.29, 0.717) is 5.88 Å². The van der Waals surface area contributed by atoms with Gasteiger partial charge < -0.3 is 9.84 Å². The third-order valence-corrected chi connectivity index (χ3v) is 2.93. The summed E-state index contributed by atoms with van der Waals surface area (Å²) >= 11 is 2.23. The van der Waals surface area contributed by atoms with Crippen LogP contribution in [-0.4, -0.2) is 10.1 Å². The zero-order chi connectivity index (χ0) is 12.3. The summed E-state index contributed by atoms with van der Waals surface area (Å²) in [5.41, 5.74) is 0.778. The first-order valence-electron chi connectivity index (χ1n) is 5.22. The molecule has 88 valence electrons. The molecule has 0 unspecified atom stereocenters. The lowest BCUT2D eigenvalue weighted by molar-refractivity contribution is 0.198. The van der Waals surface area contributed by atoms with Gasteiger partial charge in [-0.3, -0.25) is 0 Å². The second-order valence-corrected chi connectivity index (χ2v) is 4.91. The second-order valence-electron chi connectivity index (χ2n) is 3.67. The maximum atomic E-state index is 9.36. The van der Waals surface area contributed by atoms with Crippen molar-refractivity contribution in [2.45, 2.75) is 13.0 Å². The standard InChI is InChI=1S/C13H12INO2/c1-9(16)10-5-6-13(15-8-10)17-12-4-2-3-11(14)7-12/h2-9,16H,1H3/t9-/m0/s1. The summed E-state index contributed by atoms with van der Waals surface area (Å²) in [5, 5.41) is 9.36. The molecule has 0 fully saturated rings. The fourth-order valence-electron chi connectivity index (χ4n) is 1.35. The molecule has 1 aromatic heterocycles. The van der Waals surface area contributed by atoms with Crippen LogP contribution in [0.15, 0.2) is 42.6 Å². The van der Waals surface area contributed by atoms with Crippen LogP contribution >= 0.6 is 22.6 Å². The van der Waals surface area contributed by atoms with Crippen molar-refractivity contribution in [3.63, 3.8) is 0 Å². The van der Waals surface area contributed by atoms with Gasteiger partial charge in [0.15, 0.2) is 0 Å². The Kier molecular flexibility index (Phi) is 3.96. The SMILES string of the molecule is C[C@H](O)c1ccc(Oc2cccc(I)c2)nc1. The van der Waals surface area contributed by atoms with Crippen LogP contribution in [0.25, 0.3) is 0 Å². The minimum atomic E-state index is -0.505. The van der Waals surface area contributed by atoms with E-state index in [0.717, 1.165) is 14.9 Å². The highest BCUT2D eigenvalue weighted by Crippen LogP contribution is 2.22. The highest BCUT2D eigenvalue weighted by molar-refractivity contribution is 14.1. The molecule has 0 radical (unpaired) electrons. The Morgan fingerprint density at radius 3 is 2.71 bits per heavy atom. The molecule has 0 spiro atoms. The Labute approximate surface area is 114 Å². The zero-order valence-corrected chi connectivity index (χ0v) is 11.5. The predicted octanol–water partition coefficient (Wildman–Crippen LogP) is 3.53. The Bertz CT molecular complexity index is 497. The molecule has 4 heteroatoms. The van der Waals surface area contributed by atoms with E-state index in [1.54, 1.807) is 25.3 Å². The molecule has 1 aromatic carbocycles. The van der Waals surface area contributed by atoms with Crippen LogP contribution in [0.4, 0.5) is 0 Å². The van der Waals surface area contributed by atoms with E-state index in [1.165, 1.54) is 0 Å². The van der Waals surface area contributed by atoms with Crippen LogP contribution in [0.3, 0.4) is 0 Å². The molecule has 1 atom stereocenters. The lowest BCUT2D eigenvalue weighted by Gasteiger charge is -2.07. The number of aromatic nitrogens is 1. The highest BCUT2D eigenvalue weighted by Gasteiger charge is 2.03. The summed E-state index contributed by atoms with van der Waals surface area (Å²) in [6, 6.07) is 11.3. The first kappa shape index (κ1) is 12.3. The van der Waals surface area contributed by atoms with Gasteiger partial charge in [0.25, 0.3) is 0 Å². The number of aliphatic hydroxyl groups excluding tert-OH is 1. The minimum Gasteiger partial charge on any atom is -0.439 e. The molecule has 0 aliphatic heterocycles. The second kappa shape index (κ2) is 5.46. The number of rotatable bonds is 3. The summed E-state index contributed by atoms with van der Waals surface area (Å²) < 4.78 is 6.71. The van der Waals surface area contributed by atoms with Crippen molar-refractivity contribution in [1.82, 2.24) is 4.98 Å². The fraction of sp³-hybridized carbons (Fsp3) is 0.154. The highest BCUT2D eigenvalue weighted by atomic mass is 127. The number of benzene rings is 1. The third-order valence-electron chi connectivity index (χ3n) is 2.26. The number of pyridine rings is 1.